The van der Waals surface area contributed by atoms with Crippen molar-refractivity contribution >= 4 is 36.4 Å². The van der Waals surface area contributed by atoms with E-state index in [1.165, 1.54) is 22.4 Å². The van der Waals surface area contributed by atoms with Crippen LogP contribution in [0.2, 0.25) is 0 Å². The van der Waals surface area contributed by atoms with Gasteiger partial charge in [0.1, 0.15) is 11.5 Å². The highest BCUT2D eigenvalue weighted by molar-refractivity contribution is 5.94. The Balaban J connectivity index is 0.00000231. The SMILES string of the molecule is Cc1ccc(-n2c(-c3ccccc3)nc(C(=O)NCCCN3CCN(c4cccc(C)c4C)CC3)c2C)cc1.Cl.Cl. The number of nitrogens with zero attached hydrogens (tertiary/aromatic N) is 4. The molecule has 1 aliphatic heterocycles. The molecule has 3 aromatic carbocycles. The van der Waals surface area contributed by atoms with Crippen LogP contribution in [0, 0.1) is 27.7 Å². The zero-order valence-corrected chi connectivity index (χ0v) is 26.0. The first-order chi connectivity index (χ1) is 18.9. The average Bonchev–Trinajstić information content (AvgIpc) is 3.31. The van der Waals surface area contributed by atoms with E-state index >= 15 is 0 Å². The molecule has 0 saturated carbocycles. The van der Waals surface area contributed by atoms with E-state index in [1.54, 1.807) is 0 Å². The molecule has 6 nitrogen and oxygen atoms in total. The van der Waals surface area contributed by atoms with Gasteiger partial charge in [0.15, 0.2) is 0 Å². The van der Waals surface area contributed by atoms with E-state index in [-0.39, 0.29) is 30.7 Å². The van der Waals surface area contributed by atoms with Crippen LogP contribution in [0.4, 0.5) is 5.69 Å². The third-order valence-corrected chi connectivity index (χ3v) is 7.87. The summed E-state index contributed by atoms with van der Waals surface area (Å²) in [5, 5.41) is 3.13. The summed E-state index contributed by atoms with van der Waals surface area (Å²) >= 11 is 0. The second-order valence-electron chi connectivity index (χ2n) is 10.6. The van der Waals surface area contributed by atoms with E-state index in [2.05, 4.69) is 82.9 Å². The van der Waals surface area contributed by atoms with Gasteiger partial charge in [0, 0.05) is 49.7 Å². The molecule has 2 heterocycles. The molecule has 4 aromatic rings. The van der Waals surface area contributed by atoms with Gasteiger partial charge in [0.05, 0.1) is 5.69 Å². The first-order valence-corrected chi connectivity index (χ1v) is 14.0. The summed E-state index contributed by atoms with van der Waals surface area (Å²) in [5.41, 5.74) is 8.60. The number of benzene rings is 3. The van der Waals surface area contributed by atoms with Crippen LogP contribution in [0.1, 0.15) is 39.3 Å². The molecule has 0 spiro atoms. The van der Waals surface area contributed by atoms with Crippen LogP contribution >= 0.6 is 24.8 Å². The number of carbonyl (C=O) groups excluding carboxylic acids is 1. The number of rotatable bonds is 8. The fourth-order valence-corrected chi connectivity index (χ4v) is 5.39. The lowest BCUT2D eigenvalue weighted by molar-refractivity contribution is 0.0946. The normalized spacial score (nSPS) is 13.3. The van der Waals surface area contributed by atoms with Crippen LogP contribution < -0.4 is 10.2 Å². The van der Waals surface area contributed by atoms with Crippen molar-refractivity contribution in [1.82, 2.24) is 19.8 Å². The van der Waals surface area contributed by atoms with Crippen molar-refractivity contribution in [3.8, 4) is 17.1 Å². The Hall–Kier alpha value is -3.32. The number of imidazole rings is 1. The Morgan fingerprint density at radius 2 is 1.51 bits per heavy atom. The van der Waals surface area contributed by atoms with E-state index in [0.717, 1.165) is 61.9 Å². The highest BCUT2D eigenvalue weighted by Gasteiger charge is 2.22. The van der Waals surface area contributed by atoms with Crippen LogP contribution in [-0.2, 0) is 0 Å². The van der Waals surface area contributed by atoms with Gasteiger partial charge >= 0.3 is 0 Å². The number of piperazine rings is 1. The third kappa shape index (κ3) is 7.31. The maximum atomic E-state index is 13.3. The predicted molar refractivity (Wildman–Crippen MR) is 174 cm³/mol. The number of carbonyl (C=O) groups is 1. The second-order valence-corrected chi connectivity index (χ2v) is 10.6. The van der Waals surface area contributed by atoms with E-state index in [4.69, 9.17) is 4.98 Å². The minimum Gasteiger partial charge on any atom is -0.369 e. The van der Waals surface area contributed by atoms with Gasteiger partial charge in [0.2, 0.25) is 0 Å². The fourth-order valence-electron chi connectivity index (χ4n) is 5.39. The number of hydrogen-bond acceptors (Lipinski definition) is 4. The minimum absolute atomic E-state index is 0. The standard InChI is InChI=1S/C33H39N5O.2ClH/c1-24-14-16-29(17-15-24)38-27(4)31(35-32(38)28-11-6-5-7-12-28)33(39)34-18-9-19-36-20-22-37(23-21-36)30-13-8-10-25(2)26(30)3;;/h5-8,10-17H,9,18-23H2,1-4H3,(H,34,39);2*1H. The zero-order chi connectivity index (χ0) is 27.4. The fraction of sp³-hybridized carbons (Fsp3) is 0.333. The van der Waals surface area contributed by atoms with Crippen molar-refractivity contribution in [1.29, 1.82) is 0 Å². The number of aryl methyl sites for hydroxylation is 2. The smallest absolute Gasteiger partial charge is 0.271 e. The van der Waals surface area contributed by atoms with Gasteiger partial charge in [-0.05, 0) is 70.0 Å². The van der Waals surface area contributed by atoms with Crippen molar-refractivity contribution in [3.63, 3.8) is 0 Å². The summed E-state index contributed by atoms with van der Waals surface area (Å²) in [4.78, 5) is 23.1. The summed E-state index contributed by atoms with van der Waals surface area (Å²) in [6.45, 7) is 14.2. The molecule has 1 aromatic heterocycles. The maximum Gasteiger partial charge on any atom is 0.271 e. The van der Waals surface area contributed by atoms with E-state index in [0.29, 0.717) is 12.2 Å². The minimum atomic E-state index is -0.115. The van der Waals surface area contributed by atoms with E-state index in [9.17, 15) is 4.79 Å². The molecule has 1 fully saturated rings. The van der Waals surface area contributed by atoms with Crippen LogP contribution in [0.5, 0.6) is 0 Å². The molecule has 218 valence electrons. The van der Waals surface area contributed by atoms with Crippen LogP contribution in [-0.4, -0.2) is 59.6 Å². The highest BCUT2D eigenvalue weighted by atomic mass is 35.5. The topological polar surface area (TPSA) is 53.4 Å². The molecule has 0 radical (unpaired) electrons. The quantitative estimate of drug-likeness (QED) is 0.235. The molecule has 0 atom stereocenters. The molecule has 1 N–H and O–H groups in total. The molecule has 5 rings (SSSR count). The van der Waals surface area contributed by atoms with Gasteiger partial charge in [-0.2, -0.15) is 0 Å². The molecule has 1 aliphatic rings. The Labute approximate surface area is 256 Å². The van der Waals surface area contributed by atoms with Crippen molar-refractivity contribution in [3.05, 3.63) is 101 Å². The maximum absolute atomic E-state index is 13.3. The van der Waals surface area contributed by atoms with Gasteiger partial charge in [-0.15, -0.1) is 24.8 Å². The number of amides is 1. The predicted octanol–water partition coefficient (Wildman–Crippen LogP) is 6.56. The van der Waals surface area contributed by atoms with Gasteiger partial charge < -0.3 is 10.2 Å². The van der Waals surface area contributed by atoms with Crippen molar-refractivity contribution in [2.24, 2.45) is 0 Å². The van der Waals surface area contributed by atoms with E-state index < -0.39 is 0 Å². The number of anilines is 1. The van der Waals surface area contributed by atoms with Gasteiger partial charge in [-0.3, -0.25) is 14.3 Å². The molecule has 41 heavy (non-hydrogen) atoms. The largest absolute Gasteiger partial charge is 0.369 e. The second kappa shape index (κ2) is 14.5. The first-order valence-electron chi connectivity index (χ1n) is 14.0. The zero-order valence-electron chi connectivity index (χ0n) is 24.4. The summed E-state index contributed by atoms with van der Waals surface area (Å²) in [5.74, 6) is 0.666. The molecule has 0 bridgehead atoms. The first kappa shape index (κ1) is 32.2. The summed E-state index contributed by atoms with van der Waals surface area (Å²) < 4.78 is 2.08. The van der Waals surface area contributed by atoms with Crippen LogP contribution in [0.3, 0.4) is 0 Å². The molecular weight excluding hydrogens is 553 g/mol. The Kier molecular flexibility index (Phi) is 11.4. The Morgan fingerprint density at radius 1 is 0.829 bits per heavy atom. The molecular formula is C33H41Cl2N5O. The highest BCUT2D eigenvalue weighted by Crippen LogP contribution is 2.27. The molecule has 1 saturated heterocycles. The summed E-state index contributed by atoms with van der Waals surface area (Å²) in [7, 11) is 0. The third-order valence-electron chi connectivity index (χ3n) is 7.87. The molecule has 0 unspecified atom stereocenters. The van der Waals surface area contributed by atoms with Crippen molar-refractivity contribution in [2.45, 2.75) is 34.1 Å². The van der Waals surface area contributed by atoms with Gasteiger partial charge in [-0.1, -0.05) is 60.2 Å². The van der Waals surface area contributed by atoms with E-state index in [1.807, 2.05) is 37.3 Å². The number of aromatic nitrogens is 2. The molecule has 1 amide bonds. The Morgan fingerprint density at radius 3 is 2.20 bits per heavy atom. The number of nitrogens with one attached hydrogen (secondary N) is 1. The summed E-state index contributed by atoms with van der Waals surface area (Å²) in [6.07, 6.45) is 0.915. The monoisotopic (exact) mass is 593 g/mol. The molecule has 0 aliphatic carbocycles. The van der Waals surface area contributed by atoms with Gasteiger partial charge in [-0.25, -0.2) is 4.98 Å². The summed E-state index contributed by atoms with van der Waals surface area (Å²) in [6, 6.07) is 25.0. The lowest BCUT2D eigenvalue weighted by atomic mass is 10.1. The van der Waals surface area contributed by atoms with Crippen molar-refractivity contribution in [2.75, 3.05) is 44.2 Å². The van der Waals surface area contributed by atoms with Crippen LogP contribution in [0.25, 0.3) is 17.1 Å². The van der Waals surface area contributed by atoms with Gasteiger partial charge in [0.25, 0.3) is 5.91 Å². The Bertz CT molecular complexity index is 1430. The number of hydrogen-bond donors (Lipinski definition) is 1. The number of halogens is 2. The lowest BCUT2D eigenvalue weighted by Gasteiger charge is -2.37. The lowest BCUT2D eigenvalue weighted by Crippen LogP contribution is -2.47. The van der Waals surface area contributed by atoms with Crippen LogP contribution in [0.15, 0.2) is 72.8 Å². The van der Waals surface area contributed by atoms with Crippen molar-refractivity contribution < 1.29 is 4.79 Å². The average molecular weight is 595 g/mol. The molecule has 8 heteroatoms.